The van der Waals surface area contributed by atoms with E-state index in [0.29, 0.717) is 6.61 Å². The third kappa shape index (κ3) is 3.20. The Bertz CT molecular complexity index is 363. The van der Waals surface area contributed by atoms with Crippen LogP contribution in [0.4, 0.5) is 0 Å². The summed E-state index contributed by atoms with van der Waals surface area (Å²) in [6, 6.07) is 4.31. The minimum absolute atomic E-state index is 0.192. The van der Waals surface area contributed by atoms with Crippen LogP contribution < -0.4 is 10.1 Å². The van der Waals surface area contributed by atoms with Gasteiger partial charge in [-0.2, -0.15) is 0 Å². The molecule has 1 unspecified atom stereocenters. The molecule has 3 nitrogen and oxygen atoms in total. The van der Waals surface area contributed by atoms with Crippen molar-refractivity contribution in [2.45, 2.75) is 33.2 Å². The largest absolute Gasteiger partial charge is 0.494 e. The van der Waals surface area contributed by atoms with Crippen LogP contribution in [0.15, 0.2) is 12.1 Å². The minimum Gasteiger partial charge on any atom is -0.494 e. The van der Waals surface area contributed by atoms with Crippen molar-refractivity contribution >= 4 is 0 Å². The van der Waals surface area contributed by atoms with Gasteiger partial charge in [-0.15, -0.1) is 0 Å². The first kappa shape index (κ1) is 14.0. The molecule has 0 aliphatic carbocycles. The maximum Gasteiger partial charge on any atom is 0.122 e. The molecule has 0 aliphatic rings. The van der Waals surface area contributed by atoms with E-state index in [0.717, 1.165) is 12.2 Å². The molecule has 0 heterocycles. The molecule has 1 aromatic rings. The van der Waals surface area contributed by atoms with Crippen molar-refractivity contribution in [2.75, 3.05) is 20.3 Å². The topological polar surface area (TPSA) is 41.5 Å². The summed E-state index contributed by atoms with van der Waals surface area (Å²) in [5.74, 6) is 0.951. The van der Waals surface area contributed by atoms with Gasteiger partial charge in [0.2, 0.25) is 0 Å². The van der Waals surface area contributed by atoms with Crippen LogP contribution >= 0.6 is 0 Å². The third-order valence-corrected chi connectivity index (χ3v) is 3.22. The van der Waals surface area contributed by atoms with Crippen LogP contribution in [-0.2, 0) is 0 Å². The number of aliphatic hydroxyl groups excluding tert-OH is 1. The monoisotopic (exact) mass is 237 g/mol. The summed E-state index contributed by atoms with van der Waals surface area (Å²) in [6.07, 6.45) is 0.727. The van der Waals surface area contributed by atoms with E-state index in [1.165, 1.54) is 16.7 Å². The third-order valence-electron chi connectivity index (χ3n) is 3.22. The van der Waals surface area contributed by atoms with Crippen molar-refractivity contribution in [3.8, 4) is 5.75 Å². The lowest BCUT2D eigenvalue weighted by atomic mass is 9.95. The Morgan fingerprint density at radius 2 is 2.00 bits per heavy atom. The van der Waals surface area contributed by atoms with Crippen LogP contribution in [0.25, 0.3) is 0 Å². The SMILES string of the molecule is CCOc1ccc(C(CCO)NC)c(C)c1C. The van der Waals surface area contributed by atoms with E-state index in [1.54, 1.807) is 0 Å². The van der Waals surface area contributed by atoms with E-state index < -0.39 is 0 Å². The number of rotatable bonds is 6. The van der Waals surface area contributed by atoms with Gasteiger partial charge in [-0.25, -0.2) is 0 Å². The van der Waals surface area contributed by atoms with Gasteiger partial charge in [0.25, 0.3) is 0 Å². The maximum atomic E-state index is 9.06. The van der Waals surface area contributed by atoms with Gasteiger partial charge in [0.15, 0.2) is 0 Å². The molecular weight excluding hydrogens is 214 g/mol. The fourth-order valence-corrected chi connectivity index (χ4v) is 2.09. The molecule has 0 saturated carbocycles. The molecule has 0 spiro atoms. The Kier molecular flexibility index (Phi) is 5.45. The summed E-state index contributed by atoms with van der Waals surface area (Å²) in [4.78, 5) is 0. The van der Waals surface area contributed by atoms with Crippen molar-refractivity contribution in [1.29, 1.82) is 0 Å². The van der Waals surface area contributed by atoms with Gasteiger partial charge >= 0.3 is 0 Å². The first-order valence-corrected chi connectivity index (χ1v) is 6.16. The molecule has 0 fully saturated rings. The second-order valence-corrected chi connectivity index (χ2v) is 4.19. The average Bonchev–Trinajstić information content (AvgIpc) is 2.33. The van der Waals surface area contributed by atoms with Crippen LogP contribution in [0.2, 0.25) is 0 Å². The highest BCUT2D eigenvalue weighted by atomic mass is 16.5. The lowest BCUT2D eigenvalue weighted by Crippen LogP contribution is -2.19. The number of hydrogen-bond acceptors (Lipinski definition) is 3. The maximum absolute atomic E-state index is 9.06. The van der Waals surface area contributed by atoms with Gasteiger partial charge in [0.1, 0.15) is 5.75 Å². The zero-order valence-electron chi connectivity index (χ0n) is 11.2. The fourth-order valence-electron chi connectivity index (χ4n) is 2.09. The number of hydrogen-bond donors (Lipinski definition) is 2. The van der Waals surface area contributed by atoms with E-state index in [-0.39, 0.29) is 12.6 Å². The van der Waals surface area contributed by atoms with E-state index in [1.807, 2.05) is 20.0 Å². The summed E-state index contributed by atoms with van der Waals surface area (Å²) in [6.45, 7) is 7.05. The van der Waals surface area contributed by atoms with Crippen molar-refractivity contribution in [3.63, 3.8) is 0 Å². The predicted octanol–water partition coefficient (Wildman–Crippen LogP) is 2.35. The summed E-state index contributed by atoms with van der Waals surface area (Å²) < 4.78 is 5.58. The van der Waals surface area contributed by atoms with Gasteiger partial charge in [-0.05, 0) is 57.0 Å². The Morgan fingerprint density at radius 1 is 1.29 bits per heavy atom. The predicted molar refractivity (Wildman–Crippen MR) is 70.6 cm³/mol. The van der Waals surface area contributed by atoms with E-state index in [9.17, 15) is 0 Å². The quantitative estimate of drug-likeness (QED) is 0.798. The van der Waals surface area contributed by atoms with Crippen molar-refractivity contribution in [2.24, 2.45) is 0 Å². The molecular formula is C14H23NO2. The molecule has 0 aliphatic heterocycles. The van der Waals surface area contributed by atoms with Gasteiger partial charge in [0.05, 0.1) is 6.61 Å². The van der Waals surface area contributed by atoms with Crippen molar-refractivity contribution < 1.29 is 9.84 Å². The van der Waals surface area contributed by atoms with Gasteiger partial charge < -0.3 is 15.2 Å². The molecule has 0 amide bonds. The van der Waals surface area contributed by atoms with Crippen LogP contribution in [-0.4, -0.2) is 25.4 Å². The smallest absolute Gasteiger partial charge is 0.122 e. The molecule has 0 bridgehead atoms. The molecule has 1 atom stereocenters. The standard InChI is InChI=1S/C14H23NO2/c1-5-17-14-7-6-12(10(2)11(14)3)13(15-4)8-9-16/h6-7,13,15-16H,5,8-9H2,1-4H3. The number of nitrogens with one attached hydrogen (secondary N) is 1. The summed E-state index contributed by atoms with van der Waals surface area (Å²) in [5.41, 5.74) is 3.66. The second kappa shape index (κ2) is 6.62. The van der Waals surface area contributed by atoms with Gasteiger partial charge in [-0.1, -0.05) is 6.07 Å². The van der Waals surface area contributed by atoms with E-state index >= 15 is 0 Å². The molecule has 0 saturated heterocycles. The first-order valence-electron chi connectivity index (χ1n) is 6.16. The first-order chi connectivity index (χ1) is 8.15. The lowest BCUT2D eigenvalue weighted by Gasteiger charge is -2.20. The normalized spacial score (nSPS) is 12.5. The van der Waals surface area contributed by atoms with Crippen LogP contribution in [0.3, 0.4) is 0 Å². The summed E-state index contributed by atoms with van der Waals surface area (Å²) in [5, 5.41) is 12.3. The zero-order valence-corrected chi connectivity index (χ0v) is 11.2. The number of aliphatic hydroxyl groups is 1. The van der Waals surface area contributed by atoms with Crippen LogP contribution in [0.5, 0.6) is 5.75 Å². The highest BCUT2D eigenvalue weighted by Crippen LogP contribution is 2.29. The Labute approximate surface area is 104 Å². The Balaban J connectivity index is 3.05. The highest BCUT2D eigenvalue weighted by Gasteiger charge is 2.14. The molecule has 0 aromatic heterocycles. The molecule has 2 N–H and O–H groups in total. The van der Waals surface area contributed by atoms with E-state index in [4.69, 9.17) is 9.84 Å². The van der Waals surface area contributed by atoms with Crippen molar-refractivity contribution in [3.05, 3.63) is 28.8 Å². The van der Waals surface area contributed by atoms with Crippen LogP contribution in [0, 0.1) is 13.8 Å². The van der Waals surface area contributed by atoms with Gasteiger partial charge in [-0.3, -0.25) is 0 Å². The van der Waals surface area contributed by atoms with Gasteiger partial charge in [0, 0.05) is 12.6 Å². The molecule has 3 heteroatoms. The van der Waals surface area contributed by atoms with Crippen LogP contribution in [0.1, 0.15) is 36.1 Å². The number of ether oxygens (including phenoxy) is 1. The Hall–Kier alpha value is -1.06. The number of benzene rings is 1. The Morgan fingerprint density at radius 3 is 2.53 bits per heavy atom. The highest BCUT2D eigenvalue weighted by molar-refractivity contribution is 5.44. The van der Waals surface area contributed by atoms with E-state index in [2.05, 4.69) is 25.2 Å². The molecule has 1 aromatic carbocycles. The second-order valence-electron chi connectivity index (χ2n) is 4.19. The fraction of sp³-hybridized carbons (Fsp3) is 0.571. The molecule has 17 heavy (non-hydrogen) atoms. The average molecular weight is 237 g/mol. The minimum atomic E-state index is 0.192. The lowest BCUT2D eigenvalue weighted by molar-refractivity contribution is 0.268. The molecule has 1 rings (SSSR count). The molecule has 0 radical (unpaired) electrons. The summed E-state index contributed by atoms with van der Waals surface area (Å²) >= 11 is 0. The van der Waals surface area contributed by atoms with Crippen molar-refractivity contribution in [1.82, 2.24) is 5.32 Å². The summed E-state index contributed by atoms with van der Waals surface area (Å²) in [7, 11) is 1.92. The zero-order chi connectivity index (χ0) is 12.8. The molecule has 96 valence electrons.